The lowest BCUT2D eigenvalue weighted by Crippen LogP contribution is -2.62. The molecular weight excluding hydrogens is 699 g/mol. The average Bonchev–Trinajstić information content (AvgIpc) is 3.41. The highest BCUT2D eigenvalue weighted by Gasteiger charge is 2.70. The Hall–Kier alpha value is -5.00. The molecule has 0 spiro atoms. The van der Waals surface area contributed by atoms with Crippen molar-refractivity contribution in [1.29, 1.82) is 0 Å². The Morgan fingerprint density at radius 1 is 0.891 bits per heavy atom. The Balaban J connectivity index is 1.69. The molecule has 2 aromatic rings. The standard InChI is InChI=1S/C43H59N5O7/c1-11-19-29(34(49)38(52)44-24-12-2)45-37(51)33-31-28(43(31,9)10)25-48(33)39(53)35(41(3,4)5)47-36(50)32(46-40(54)55-42(6,7)8)30(26-20-15-13-16-21-26)27-22-17-14-18-23-27/h12-18,20-23,28-33,35H,2,11,19,24-25H2,1,3-10H3,(H,44,52)(H,45,51)(H,46,54)(H,47,50)/t28?,29?,31?,32-,33-,35?/m0/s1. The number of fused-ring (bicyclic) bond motifs is 1. The van der Waals surface area contributed by atoms with Crippen LogP contribution in [0.2, 0.25) is 0 Å². The largest absolute Gasteiger partial charge is 0.444 e. The minimum Gasteiger partial charge on any atom is -0.444 e. The van der Waals surface area contributed by atoms with Gasteiger partial charge >= 0.3 is 6.09 Å². The second-order valence-corrected chi connectivity index (χ2v) is 17.3. The first-order valence-corrected chi connectivity index (χ1v) is 19.2. The van der Waals surface area contributed by atoms with E-state index in [0.717, 1.165) is 11.1 Å². The van der Waals surface area contributed by atoms with Crippen LogP contribution in [0.15, 0.2) is 73.3 Å². The van der Waals surface area contributed by atoms with Crippen molar-refractivity contribution >= 4 is 35.5 Å². The normalized spacial score (nSPS) is 20.3. The molecule has 1 heterocycles. The number of ketones is 1. The van der Waals surface area contributed by atoms with Crippen LogP contribution >= 0.6 is 0 Å². The van der Waals surface area contributed by atoms with Crippen LogP contribution in [0, 0.1) is 22.7 Å². The van der Waals surface area contributed by atoms with E-state index in [9.17, 15) is 28.8 Å². The maximum Gasteiger partial charge on any atom is 0.408 e. The quantitative estimate of drug-likeness (QED) is 0.149. The fourth-order valence-corrected chi connectivity index (χ4v) is 7.72. The molecule has 0 bridgehead atoms. The van der Waals surface area contributed by atoms with E-state index in [1.54, 1.807) is 20.8 Å². The number of carbonyl (C=O) groups is 6. The van der Waals surface area contributed by atoms with E-state index in [0.29, 0.717) is 6.42 Å². The lowest BCUT2D eigenvalue weighted by molar-refractivity contribution is -0.146. The number of nitrogens with one attached hydrogen (secondary N) is 4. The van der Waals surface area contributed by atoms with Crippen molar-refractivity contribution in [2.24, 2.45) is 22.7 Å². The molecule has 12 nitrogen and oxygen atoms in total. The third-order valence-corrected chi connectivity index (χ3v) is 10.6. The molecule has 12 heteroatoms. The predicted octanol–water partition coefficient (Wildman–Crippen LogP) is 4.88. The highest BCUT2D eigenvalue weighted by atomic mass is 16.6. The van der Waals surface area contributed by atoms with Crippen LogP contribution in [0.5, 0.6) is 0 Å². The van der Waals surface area contributed by atoms with Gasteiger partial charge in [0, 0.05) is 19.0 Å². The van der Waals surface area contributed by atoms with Gasteiger partial charge in [0.2, 0.25) is 23.5 Å². The first kappa shape index (κ1) is 42.7. The summed E-state index contributed by atoms with van der Waals surface area (Å²) < 4.78 is 5.61. The molecular formula is C43H59N5O7. The molecule has 1 aliphatic heterocycles. The molecule has 0 radical (unpaired) electrons. The summed E-state index contributed by atoms with van der Waals surface area (Å²) in [6.45, 7) is 20.6. The summed E-state index contributed by atoms with van der Waals surface area (Å²) in [5.41, 5.74) is -0.412. The van der Waals surface area contributed by atoms with Gasteiger partial charge in [0.1, 0.15) is 23.7 Å². The zero-order valence-electron chi connectivity index (χ0n) is 33.7. The summed E-state index contributed by atoms with van der Waals surface area (Å²) in [5, 5.41) is 11.1. The van der Waals surface area contributed by atoms with Crippen molar-refractivity contribution in [3.63, 3.8) is 0 Å². The second kappa shape index (κ2) is 17.2. The number of likely N-dealkylation sites (tertiary alicyclic amines) is 1. The smallest absolute Gasteiger partial charge is 0.408 e. The van der Waals surface area contributed by atoms with Crippen molar-refractivity contribution in [2.45, 2.75) is 111 Å². The van der Waals surface area contributed by atoms with Crippen LogP contribution in [0.25, 0.3) is 0 Å². The Labute approximate surface area is 325 Å². The Morgan fingerprint density at radius 2 is 1.45 bits per heavy atom. The number of carbonyl (C=O) groups excluding carboxylic acids is 6. The van der Waals surface area contributed by atoms with Gasteiger partial charge in [-0.1, -0.05) is 115 Å². The van der Waals surface area contributed by atoms with Gasteiger partial charge in [-0.05, 0) is 61.0 Å². The van der Waals surface area contributed by atoms with E-state index >= 15 is 0 Å². The van der Waals surface area contributed by atoms with Crippen molar-refractivity contribution < 1.29 is 33.5 Å². The summed E-state index contributed by atoms with van der Waals surface area (Å²) in [7, 11) is 0. The monoisotopic (exact) mass is 757 g/mol. The van der Waals surface area contributed by atoms with Gasteiger partial charge in [0.25, 0.3) is 5.91 Å². The fourth-order valence-electron chi connectivity index (χ4n) is 7.72. The number of Topliss-reactive ketones (excluding diaryl/α,β-unsaturated/α-hetero) is 1. The fraction of sp³-hybridized carbons (Fsp3) is 0.535. The minimum atomic E-state index is -1.21. The number of rotatable bonds is 15. The molecule has 55 heavy (non-hydrogen) atoms. The number of hydrogen-bond donors (Lipinski definition) is 4. The van der Waals surface area contributed by atoms with E-state index in [1.807, 2.05) is 102 Å². The molecule has 1 saturated heterocycles. The maximum absolute atomic E-state index is 14.8. The Morgan fingerprint density at radius 3 is 1.95 bits per heavy atom. The molecule has 1 aliphatic carbocycles. The predicted molar refractivity (Wildman–Crippen MR) is 211 cm³/mol. The number of amides is 5. The van der Waals surface area contributed by atoms with Crippen LogP contribution in [0.3, 0.4) is 0 Å². The number of alkyl carbamates (subject to hydrolysis) is 1. The van der Waals surface area contributed by atoms with E-state index in [2.05, 4.69) is 27.8 Å². The summed E-state index contributed by atoms with van der Waals surface area (Å²) >= 11 is 0. The molecule has 298 valence electrons. The van der Waals surface area contributed by atoms with Crippen LogP contribution in [-0.2, 0) is 28.7 Å². The third kappa shape index (κ3) is 10.2. The van der Waals surface area contributed by atoms with Crippen LogP contribution in [0.1, 0.15) is 92.2 Å². The van der Waals surface area contributed by atoms with Gasteiger partial charge in [-0.2, -0.15) is 0 Å². The lowest BCUT2D eigenvalue weighted by Gasteiger charge is -2.39. The molecule has 0 aromatic heterocycles. The van der Waals surface area contributed by atoms with Crippen LogP contribution < -0.4 is 21.3 Å². The zero-order chi connectivity index (χ0) is 40.9. The van der Waals surface area contributed by atoms with Gasteiger partial charge in [-0.15, -0.1) is 6.58 Å². The molecule has 4 rings (SSSR count). The molecule has 4 unspecified atom stereocenters. The van der Waals surface area contributed by atoms with E-state index in [4.69, 9.17) is 4.74 Å². The minimum absolute atomic E-state index is 0.0156. The number of nitrogens with zero attached hydrogens (tertiary/aromatic N) is 1. The van der Waals surface area contributed by atoms with Crippen molar-refractivity contribution in [3.8, 4) is 0 Å². The topological polar surface area (TPSA) is 163 Å². The second-order valence-electron chi connectivity index (χ2n) is 17.3. The number of hydrogen-bond acceptors (Lipinski definition) is 7. The van der Waals surface area contributed by atoms with Gasteiger partial charge in [-0.25, -0.2) is 4.79 Å². The Bertz CT molecular complexity index is 1690. The van der Waals surface area contributed by atoms with Crippen molar-refractivity contribution in [2.75, 3.05) is 13.1 Å². The van der Waals surface area contributed by atoms with Crippen molar-refractivity contribution in [3.05, 3.63) is 84.4 Å². The van der Waals surface area contributed by atoms with Crippen molar-refractivity contribution in [1.82, 2.24) is 26.2 Å². The SMILES string of the molecule is C=CCNC(=O)C(=O)C(CCC)NC(=O)[C@@H]1C2C(CN1C(=O)C(NC(=O)[C@@H](NC(=O)OC(C)(C)C)C(c1ccccc1)c1ccccc1)C(C)(C)C)C2(C)C. The third-order valence-electron chi connectivity index (χ3n) is 10.6. The molecule has 2 aromatic carbocycles. The zero-order valence-corrected chi connectivity index (χ0v) is 33.7. The van der Waals surface area contributed by atoms with E-state index < -0.39 is 76.6 Å². The van der Waals surface area contributed by atoms with Gasteiger partial charge in [-0.3, -0.25) is 24.0 Å². The molecule has 1 saturated carbocycles. The summed E-state index contributed by atoms with van der Waals surface area (Å²) in [6.07, 6.45) is 1.43. The van der Waals surface area contributed by atoms with Gasteiger partial charge in [0.15, 0.2) is 0 Å². The highest BCUT2D eigenvalue weighted by Crippen LogP contribution is 2.65. The van der Waals surface area contributed by atoms with Gasteiger partial charge < -0.3 is 30.9 Å². The average molecular weight is 758 g/mol. The molecule has 2 fully saturated rings. The first-order chi connectivity index (χ1) is 25.7. The molecule has 5 amide bonds. The van der Waals surface area contributed by atoms with Crippen LogP contribution in [0.4, 0.5) is 4.79 Å². The highest BCUT2D eigenvalue weighted by molar-refractivity contribution is 6.38. The van der Waals surface area contributed by atoms with E-state index in [1.165, 1.54) is 11.0 Å². The molecule has 2 aliphatic rings. The molecule has 4 N–H and O–H groups in total. The summed E-state index contributed by atoms with van der Waals surface area (Å²) in [6, 6.07) is 14.3. The summed E-state index contributed by atoms with van der Waals surface area (Å²) in [4.78, 5) is 84.3. The molecule has 6 atom stereocenters. The van der Waals surface area contributed by atoms with Crippen LogP contribution in [-0.4, -0.2) is 83.3 Å². The lowest BCUT2D eigenvalue weighted by atomic mass is 9.82. The number of ether oxygens (including phenoxy) is 1. The summed E-state index contributed by atoms with van der Waals surface area (Å²) in [5.74, 6) is -4.03. The number of benzene rings is 2. The van der Waals surface area contributed by atoms with E-state index in [-0.39, 0.29) is 36.8 Å². The van der Waals surface area contributed by atoms with Gasteiger partial charge in [0.05, 0.1) is 6.04 Å². The maximum atomic E-state index is 14.8. The number of piperidine rings is 1. The first-order valence-electron chi connectivity index (χ1n) is 19.2. The Kier molecular flexibility index (Phi) is 13.4.